The maximum Gasteiger partial charge on any atom is 0.412 e. The highest BCUT2D eigenvalue weighted by Gasteiger charge is 2.52. The van der Waals surface area contributed by atoms with Crippen LogP contribution in [0.15, 0.2) is 78.9 Å². The zero-order valence-corrected chi connectivity index (χ0v) is 23.9. The van der Waals surface area contributed by atoms with E-state index in [0.717, 1.165) is 0 Å². The molecule has 0 radical (unpaired) electrons. The number of benzene rings is 3. The van der Waals surface area contributed by atoms with E-state index in [9.17, 15) is 19.5 Å². The molecule has 1 saturated heterocycles. The lowest BCUT2D eigenvalue weighted by molar-refractivity contribution is -0.295. The predicted molar refractivity (Wildman–Crippen MR) is 155 cm³/mol. The van der Waals surface area contributed by atoms with Crippen LogP contribution in [0.4, 0.5) is 21.0 Å². The van der Waals surface area contributed by atoms with Gasteiger partial charge in [0.1, 0.15) is 11.9 Å². The number of rotatable bonds is 10. The van der Waals surface area contributed by atoms with Crippen molar-refractivity contribution >= 4 is 29.5 Å². The third-order valence-electron chi connectivity index (χ3n) is 6.65. The van der Waals surface area contributed by atoms with Gasteiger partial charge in [-0.05, 0) is 36.2 Å². The first-order valence-corrected chi connectivity index (χ1v) is 13.5. The van der Waals surface area contributed by atoms with Gasteiger partial charge in [-0.3, -0.25) is 15.4 Å². The molecule has 2 amide bonds. The van der Waals surface area contributed by atoms with Crippen LogP contribution < -0.4 is 15.4 Å². The van der Waals surface area contributed by atoms with Crippen LogP contribution in [-0.4, -0.2) is 74.8 Å². The molecule has 12 heteroatoms. The number of para-hydroxylation sites is 2. The van der Waals surface area contributed by atoms with Gasteiger partial charge in [0.05, 0.1) is 25.8 Å². The highest BCUT2D eigenvalue weighted by molar-refractivity contribution is 5.88. The van der Waals surface area contributed by atoms with E-state index in [1.165, 1.54) is 14.2 Å². The molecule has 0 aromatic heterocycles. The molecule has 4 rings (SSSR count). The van der Waals surface area contributed by atoms with Crippen LogP contribution in [0, 0.1) is 6.92 Å². The molecular formula is C31H34N2O10. The van der Waals surface area contributed by atoms with Crippen molar-refractivity contribution in [1.82, 2.24) is 0 Å². The summed E-state index contributed by atoms with van der Waals surface area (Å²) in [6, 6.07) is 22.6. The summed E-state index contributed by atoms with van der Waals surface area (Å²) in [6.07, 6.45) is -8.73. The second-order valence-electron chi connectivity index (χ2n) is 9.59. The van der Waals surface area contributed by atoms with Gasteiger partial charge in [-0.1, -0.05) is 60.7 Å². The van der Waals surface area contributed by atoms with E-state index in [4.69, 9.17) is 28.4 Å². The van der Waals surface area contributed by atoms with Crippen molar-refractivity contribution in [3.05, 3.63) is 90.0 Å². The smallest absolute Gasteiger partial charge is 0.412 e. The Morgan fingerprint density at radius 3 is 2.09 bits per heavy atom. The number of methoxy groups -OCH3 is 2. The average molecular weight is 595 g/mol. The first kappa shape index (κ1) is 31.3. The minimum absolute atomic E-state index is 0.0980. The van der Waals surface area contributed by atoms with Crippen molar-refractivity contribution in [1.29, 1.82) is 0 Å². The Morgan fingerprint density at radius 1 is 0.791 bits per heavy atom. The molecule has 3 aromatic rings. The van der Waals surface area contributed by atoms with E-state index in [1.54, 1.807) is 79.7 Å². The summed E-state index contributed by atoms with van der Waals surface area (Å²) in [5.74, 6) is -0.285. The molecule has 43 heavy (non-hydrogen) atoms. The monoisotopic (exact) mass is 594 g/mol. The molecule has 12 nitrogen and oxygen atoms in total. The lowest BCUT2D eigenvalue weighted by Gasteiger charge is -2.43. The Hall–Kier alpha value is -4.65. The van der Waals surface area contributed by atoms with Gasteiger partial charge in [-0.15, -0.1) is 0 Å². The van der Waals surface area contributed by atoms with Crippen molar-refractivity contribution in [2.24, 2.45) is 0 Å². The van der Waals surface area contributed by atoms with Gasteiger partial charge in [0, 0.05) is 12.8 Å². The Labute approximate surface area is 248 Å². The van der Waals surface area contributed by atoms with E-state index in [-0.39, 0.29) is 6.42 Å². The number of carbonyl (C=O) groups is 3. The van der Waals surface area contributed by atoms with Gasteiger partial charge in [0.25, 0.3) is 0 Å². The Kier molecular flexibility index (Phi) is 10.9. The molecule has 228 valence electrons. The van der Waals surface area contributed by atoms with Gasteiger partial charge < -0.3 is 33.5 Å². The number of aliphatic hydroxyl groups is 1. The van der Waals surface area contributed by atoms with Gasteiger partial charge in [-0.2, -0.15) is 0 Å². The number of aryl methyl sites for hydroxylation is 1. The zero-order valence-electron chi connectivity index (χ0n) is 23.9. The van der Waals surface area contributed by atoms with Crippen LogP contribution in [0.2, 0.25) is 0 Å². The van der Waals surface area contributed by atoms with E-state index in [2.05, 4.69) is 10.6 Å². The van der Waals surface area contributed by atoms with Crippen molar-refractivity contribution in [2.75, 3.05) is 31.5 Å². The highest BCUT2D eigenvalue weighted by Crippen LogP contribution is 2.31. The largest absolute Gasteiger partial charge is 0.495 e. The number of carbonyl (C=O) groups excluding carboxylic acids is 3. The number of ether oxygens (including phenoxy) is 6. The third kappa shape index (κ3) is 8.22. The molecule has 1 heterocycles. The van der Waals surface area contributed by atoms with Gasteiger partial charge in [0.15, 0.2) is 24.6 Å². The summed E-state index contributed by atoms with van der Waals surface area (Å²) in [5.41, 5.74) is 2.16. The highest BCUT2D eigenvalue weighted by atomic mass is 16.7. The maximum absolute atomic E-state index is 13.2. The van der Waals surface area contributed by atoms with Crippen molar-refractivity contribution in [3.63, 3.8) is 0 Å². The fourth-order valence-corrected chi connectivity index (χ4v) is 4.59. The molecule has 0 saturated carbocycles. The lowest BCUT2D eigenvalue weighted by atomic mass is 9.98. The number of nitrogens with one attached hydrogen (secondary N) is 2. The standard InChI is InChI=1S/C31H34N2O10/c1-19-11-10-16-22(38-2)25(19)33-31(37)42-26-23(18-34)40-29(39-3)28(41-24(35)17-20-12-6-4-7-13-20)27(26)43-30(36)32-21-14-8-5-9-15-21/h4-16,23,26-29,34H,17-18H2,1-3H3,(H,32,36)(H,33,37)/t23-,26-,27+,28-,29+/m1/s1. The first-order chi connectivity index (χ1) is 20.8. The third-order valence-corrected chi connectivity index (χ3v) is 6.65. The Morgan fingerprint density at radius 2 is 1.44 bits per heavy atom. The zero-order chi connectivity index (χ0) is 30.8. The second kappa shape index (κ2) is 15.0. The minimum atomic E-state index is -1.45. The van der Waals surface area contributed by atoms with Crippen LogP contribution in [0.5, 0.6) is 5.75 Å². The van der Waals surface area contributed by atoms with Crippen molar-refractivity contribution in [3.8, 4) is 5.75 Å². The van der Waals surface area contributed by atoms with Gasteiger partial charge in [0.2, 0.25) is 0 Å². The van der Waals surface area contributed by atoms with Gasteiger partial charge >= 0.3 is 18.2 Å². The van der Waals surface area contributed by atoms with Crippen molar-refractivity contribution < 1.29 is 47.9 Å². The predicted octanol–water partition coefficient (Wildman–Crippen LogP) is 4.06. The number of hydrogen-bond acceptors (Lipinski definition) is 10. The molecule has 0 aliphatic carbocycles. The molecule has 5 atom stereocenters. The summed E-state index contributed by atoms with van der Waals surface area (Å²) < 4.78 is 33.7. The molecule has 1 aliphatic heterocycles. The number of aliphatic hydroxyl groups excluding tert-OH is 1. The average Bonchev–Trinajstić information content (AvgIpc) is 3.00. The van der Waals surface area contributed by atoms with Gasteiger partial charge in [-0.25, -0.2) is 9.59 Å². The molecule has 0 bridgehead atoms. The Balaban J connectivity index is 1.62. The van der Waals surface area contributed by atoms with E-state index >= 15 is 0 Å². The minimum Gasteiger partial charge on any atom is -0.495 e. The van der Waals surface area contributed by atoms with Crippen LogP contribution in [0.1, 0.15) is 11.1 Å². The number of amides is 2. The van der Waals surface area contributed by atoms with Crippen LogP contribution >= 0.6 is 0 Å². The normalized spacial score (nSPS) is 21.3. The fourth-order valence-electron chi connectivity index (χ4n) is 4.59. The topological polar surface area (TPSA) is 151 Å². The number of anilines is 2. The molecule has 0 unspecified atom stereocenters. The summed E-state index contributed by atoms with van der Waals surface area (Å²) in [6.45, 7) is 1.12. The van der Waals surface area contributed by atoms with Crippen LogP contribution in [0.3, 0.4) is 0 Å². The summed E-state index contributed by atoms with van der Waals surface area (Å²) in [4.78, 5) is 39.3. The summed E-state index contributed by atoms with van der Waals surface area (Å²) in [5, 5.41) is 15.4. The molecule has 1 aliphatic rings. The molecule has 3 N–H and O–H groups in total. The maximum atomic E-state index is 13.2. The second-order valence-corrected chi connectivity index (χ2v) is 9.59. The Bertz CT molecular complexity index is 1370. The number of hydrogen-bond donors (Lipinski definition) is 3. The summed E-state index contributed by atoms with van der Waals surface area (Å²) in [7, 11) is 2.76. The molecule has 1 fully saturated rings. The molecule has 3 aromatic carbocycles. The number of esters is 1. The van der Waals surface area contributed by atoms with E-state index < -0.39 is 55.5 Å². The van der Waals surface area contributed by atoms with Crippen LogP contribution in [-0.2, 0) is 34.9 Å². The SMILES string of the molecule is COc1cccc(C)c1NC(=O)O[C@H]1[C@H](OC(=O)Nc2ccccc2)[C@@H](OC(=O)Cc2ccccc2)[C@@H](OC)O[C@@H]1CO. The first-order valence-electron chi connectivity index (χ1n) is 13.5. The van der Waals surface area contributed by atoms with E-state index in [0.29, 0.717) is 28.3 Å². The van der Waals surface area contributed by atoms with Crippen molar-refractivity contribution in [2.45, 2.75) is 44.1 Å². The van der Waals surface area contributed by atoms with Crippen LogP contribution in [0.25, 0.3) is 0 Å². The lowest BCUT2D eigenvalue weighted by Crippen LogP contribution is -2.63. The molecule has 0 spiro atoms. The quantitative estimate of drug-likeness (QED) is 0.232. The fraction of sp³-hybridized carbons (Fsp3) is 0.323. The van der Waals surface area contributed by atoms with E-state index in [1.807, 2.05) is 6.07 Å². The summed E-state index contributed by atoms with van der Waals surface area (Å²) >= 11 is 0. The molecular weight excluding hydrogens is 560 g/mol.